The van der Waals surface area contributed by atoms with Crippen LogP contribution >= 0.6 is 0 Å². The number of phenolic OH excluding ortho intramolecular Hbond substituents is 1. The van der Waals surface area contributed by atoms with Crippen LogP contribution in [0.3, 0.4) is 0 Å². The minimum absolute atomic E-state index is 0.111. The van der Waals surface area contributed by atoms with E-state index >= 15 is 0 Å². The van der Waals surface area contributed by atoms with Gasteiger partial charge >= 0.3 is 0 Å². The zero-order valence-electron chi connectivity index (χ0n) is 22.6. The van der Waals surface area contributed by atoms with Gasteiger partial charge in [-0.15, -0.1) is 0 Å². The van der Waals surface area contributed by atoms with Gasteiger partial charge in [-0.05, 0) is 68.4 Å². The van der Waals surface area contributed by atoms with Crippen molar-refractivity contribution in [2.24, 2.45) is 0 Å². The first-order valence-corrected chi connectivity index (χ1v) is 13.2. The maximum absolute atomic E-state index is 14.1. The van der Waals surface area contributed by atoms with E-state index in [4.69, 9.17) is 0 Å². The number of fused-ring (bicyclic) bond motifs is 2. The normalized spacial score (nSPS) is 16.0. The van der Waals surface area contributed by atoms with Crippen LogP contribution in [0.25, 0.3) is 51.1 Å². The van der Waals surface area contributed by atoms with Crippen LogP contribution in [-0.2, 0) is 4.79 Å². The van der Waals surface area contributed by atoms with Crippen molar-refractivity contribution in [2.45, 2.75) is 12.8 Å². The van der Waals surface area contributed by atoms with E-state index in [-0.39, 0.29) is 18.2 Å². The molecule has 6 rings (SSSR count). The third-order valence-electron chi connectivity index (χ3n) is 6.82. The Morgan fingerprint density at radius 3 is 2.68 bits per heavy atom. The molecule has 206 valence electrons. The van der Waals surface area contributed by atoms with Gasteiger partial charge in [0.25, 0.3) is 0 Å². The molecular formula is C31H28FN7O2. The summed E-state index contributed by atoms with van der Waals surface area (Å²) in [6.45, 7) is 0.277. The van der Waals surface area contributed by atoms with Gasteiger partial charge in [0, 0.05) is 40.2 Å². The van der Waals surface area contributed by atoms with Gasteiger partial charge in [-0.1, -0.05) is 12.2 Å². The molecule has 1 aliphatic carbocycles. The van der Waals surface area contributed by atoms with E-state index in [0.29, 0.717) is 16.8 Å². The van der Waals surface area contributed by atoms with E-state index in [2.05, 4.69) is 48.7 Å². The Labute approximate surface area is 234 Å². The molecule has 0 aliphatic heterocycles. The number of benzene rings is 1. The second-order valence-electron chi connectivity index (χ2n) is 10.3. The highest BCUT2D eigenvalue weighted by molar-refractivity contribution is 5.98. The molecule has 0 unspecified atom stereocenters. The number of anilines is 1. The van der Waals surface area contributed by atoms with Gasteiger partial charge in [-0.2, -0.15) is 5.10 Å². The molecule has 9 nitrogen and oxygen atoms in total. The lowest BCUT2D eigenvalue weighted by atomic mass is 10.0. The van der Waals surface area contributed by atoms with E-state index in [0.717, 1.165) is 62.9 Å². The van der Waals surface area contributed by atoms with Gasteiger partial charge in [0.05, 0.1) is 41.2 Å². The maximum atomic E-state index is 14.1. The van der Waals surface area contributed by atoms with Crippen molar-refractivity contribution < 1.29 is 14.3 Å². The molecule has 0 fully saturated rings. The number of halogens is 1. The van der Waals surface area contributed by atoms with Crippen molar-refractivity contribution in [3.8, 4) is 28.3 Å². The summed E-state index contributed by atoms with van der Waals surface area (Å²) in [6.07, 6.45) is 14.8. The fraction of sp³-hybridized carbons (Fsp3) is 0.161. The SMILES string of the molecule is CN(C)CC(=O)Nc1cncc(C2=C\CC\C=c3/[nH]nc(-c4cc5c(-c6cc(O)cc(F)c6)cncc5[nH]4)/c3=C/2)c1. The number of hydrogen-bond acceptors (Lipinski definition) is 6. The summed E-state index contributed by atoms with van der Waals surface area (Å²) in [4.78, 5) is 26.2. The van der Waals surface area contributed by atoms with Gasteiger partial charge in [0.15, 0.2) is 0 Å². The average molecular weight is 550 g/mol. The predicted molar refractivity (Wildman–Crippen MR) is 158 cm³/mol. The van der Waals surface area contributed by atoms with Gasteiger partial charge in [0.1, 0.15) is 17.3 Å². The third kappa shape index (κ3) is 5.50. The topological polar surface area (TPSA) is 123 Å². The summed E-state index contributed by atoms with van der Waals surface area (Å²) >= 11 is 0. The van der Waals surface area contributed by atoms with E-state index in [1.165, 1.54) is 12.1 Å². The molecule has 1 aromatic carbocycles. The van der Waals surface area contributed by atoms with E-state index < -0.39 is 5.82 Å². The van der Waals surface area contributed by atoms with Crippen molar-refractivity contribution in [1.29, 1.82) is 0 Å². The fourth-order valence-electron chi connectivity index (χ4n) is 5.05. The van der Waals surface area contributed by atoms with Crippen molar-refractivity contribution in [3.63, 3.8) is 0 Å². The predicted octanol–water partition coefficient (Wildman–Crippen LogP) is 3.80. The standard InChI is InChI=1S/C31H28FN7O2/c1-39(2)17-30(41)35-22-8-20(13-33-14-22)18-5-3-4-6-27-25(10-18)31(38-37-27)28-12-24-26(15-34-16-29(24)36-28)19-7-21(32)11-23(40)9-19/h5-16,36-37,40H,3-4,17H2,1-2H3,(H,35,41)/b18-5+,25-10+,27-6-. The number of phenols is 1. The molecule has 4 aromatic heterocycles. The van der Waals surface area contributed by atoms with Crippen LogP contribution in [0.4, 0.5) is 10.1 Å². The van der Waals surface area contributed by atoms with Crippen molar-refractivity contribution in [1.82, 2.24) is 30.0 Å². The number of carbonyl (C=O) groups is 1. The molecule has 5 aromatic rings. The molecule has 4 heterocycles. The lowest BCUT2D eigenvalue weighted by Gasteiger charge is -2.11. The summed E-state index contributed by atoms with van der Waals surface area (Å²) in [5.74, 6) is -0.789. The number of rotatable bonds is 6. The quantitative estimate of drug-likeness (QED) is 0.256. The summed E-state index contributed by atoms with van der Waals surface area (Å²) in [5, 5.41) is 23.3. The Morgan fingerprint density at radius 2 is 1.85 bits per heavy atom. The Balaban J connectivity index is 1.42. The van der Waals surface area contributed by atoms with Crippen LogP contribution in [0.5, 0.6) is 5.75 Å². The molecule has 0 saturated heterocycles. The number of H-pyrrole nitrogens is 2. The van der Waals surface area contributed by atoms with Gasteiger partial charge in [-0.25, -0.2) is 4.39 Å². The third-order valence-corrected chi connectivity index (χ3v) is 6.82. The van der Waals surface area contributed by atoms with Crippen molar-refractivity contribution >= 4 is 40.2 Å². The number of aromatic amines is 2. The van der Waals surface area contributed by atoms with Crippen molar-refractivity contribution in [2.75, 3.05) is 26.0 Å². The second kappa shape index (κ2) is 10.8. The van der Waals surface area contributed by atoms with Crippen LogP contribution in [0.15, 0.2) is 61.2 Å². The van der Waals surface area contributed by atoms with Crippen LogP contribution < -0.4 is 15.9 Å². The zero-order valence-corrected chi connectivity index (χ0v) is 22.6. The number of allylic oxidation sites excluding steroid dienone is 2. The Kier molecular flexibility index (Phi) is 6.90. The Hall–Kier alpha value is -5.09. The number of nitrogens with one attached hydrogen (secondary N) is 3. The molecule has 10 heteroatoms. The highest BCUT2D eigenvalue weighted by Crippen LogP contribution is 2.32. The first kappa shape index (κ1) is 26.1. The first-order valence-electron chi connectivity index (χ1n) is 13.2. The van der Waals surface area contributed by atoms with Crippen LogP contribution in [0.2, 0.25) is 0 Å². The van der Waals surface area contributed by atoms with Crippen LogP contribution in [0.1, 0.15) is 18.4 Å². The smallest absolute Gasteiger partial charge is 0.238 e. The van der Waals surface area contributed by atoms with Gasteiger partial charge in [-0.3, -0.25) is 19.9 Å². The number of amides is 1. The number of aromatic nitrogens is 5. The molecule has 0 radical (unpaired) electrons. The highest BCUT2D eigenvalue weighted by atomic mass is 19.1. The number of likely N-dealkylation sites (N-methyl/N-ethyl adjacent to an activating group) is 1. The Bertz CT molecular complexity index is 1920. The van der Waals surface area contributed by atoms with E-state index in [1.807, 2.05) is 26.2 Å². The van der Waals surface area contributed by atoms with Gasteiger partial charge in [0.2, 0.25) is 5.91 Å². The van der Waals surface area contributed by atoms with Gasteiger partial charge < -0.3 is 20.3 Å². The summed E-state index contributed by atoms with van der Waals surface area (Å²) < 4.78 is 14.1. The van der Waals surface area contributed by atoms with Crippen LogP contribution in [0, 0.1) is 5.82 Å². The maximum Gasteiger partial charge on any atom is 0.238 e. The summed E-state index contributed by atoms with van der Waals surface area (Å²) in [6, 6.07) is 7.84. The summed E-state index contributed by atoms with van der Waals surface area (Å²) in [7, 11) is 3.69. The largest absolute Gasteiger partial charge is 0.508 e. The number of pyridine rings is 2. The monoisotopic (exact) mass is 549 g/mol. The molecular weight excluding hydrogens is 521 g/mol. The second-order valence-corrected chi connectivity index (χ2v) is 10.3. The lowest BCUT2D eigenvalue weighted by molar-refractivity contribution is -0.116. The number of carbonyl (C=O) groups excluding carboxylic acids is 1. The Morgan fingerprint density at radius 1 is 1.02 bits per heavy atom. The average Bonchev–Trinajstić information content (AvgIpc) is 3.51. The van der Waals surface area contributed by atoms with E-state index in [9.17, 15) is 14.3 Å². The summed E-state index contributed by atoms with van der Waals surface area (Å²) in [5.41, 5.74) is 5.93. The molecule has 0 atom stereocenters. The fourth-order valence-corrected chi connectivity index (χ4v) is 5.05. The number of nitrogens with zero attached hydrogens (tertiary/aromatic N) is 4. The van der Waals surface area contributed by atoms with Crippen molar-refractivity contribution in [3.05, 3.63) is 83.1 Å². The zero-order chi connectivity index (χ0) is 28.5. The number of hydrogen-bond donors (Lipinski definition) is 4. The first-order chi connectivity index (χ1) is 19.8. The number of aromatic hydroxyl groups is 1. The minimum atomic E-state index is -0.526. The minimum Gasteiger partial charge on any atom is -0.508 e. The molecule has 41 heavy (non-hydrogen) atoms. The lowest BCUT2D eigenvalue weighted by Crippen LogP contribution is -2.27. The molecule has 1 aliphatic rings. The molecule has 4 N–H and O–H groups in total. The van der Waals surface area contributed by atoms with E-state index in [1.54, 1.807) is 29.7 Å². The molecule has 0 spiro atoms. The molecule has 1 amide bonds. The molecule has 0 saturated carbocycles. The highest BCUT2D eigenvalue weighted by Gasteiger charge is 2.15. The van der Waals surface area contributed by atoms with Crippen LogP contribution in [-0.4, -0.2) is 61.7 Å². The molecule has 0 bridgehead atoms.